The van der Waals surface area contributed by atoms with Crippen LogP contribution >= 0.6 is 11.3 Å². The van der Waals surface area contributed by atoms with Crippen molar-refractivity contribution < 1.29 is 8.78 Å². The summed E-state index contributed by atoms with van der Waals surface area (Å²) in [5, 5.41) is 0.544. The van der Waals surface area contributed by atoms with Crippen LogP contribution in [0.5, 0.6) is 0 Å². The van der Waals surface area contributed by atoms with Crippen LogP contribution in [0.15, 0.2) is 18.3 Å². The van der Waals surface area contributed by atoms with Crippen molar-refractivity contribution in [1.29, 1.82) is 0 Å². The minimum atomic E-state index is -0.517. The molecule has 106 valence electrons. The standard InChI is InChI=1S/C14H15F2N3S/c1-8-12-4-9(15)5-13(16)11(12)2-3-19(8)7-10-6-18-14(17)20-10/h4-6,8H,2-3,7H2,1H3,(H2,17,18). The number of nitrogens with two attached hydrogens (primary N) is 1. The lowest BCUT2D eigenvalue weighted by molar-refractivity contribution is 0.189. The maximum Gasteiger partial charge on any atom is 0.180 e. The van der Waals surface area contributed by atoms with Gasteiger partial charge in [-0.25, -0.2) is 13.8 Å². The second-order valence-corrected chi connectivity index (χ2v) is 6.16. The number of nitrogens with zero attached hydrogens (tertiary/aromatic N) is 2. The molecule has 6 heteroatoms. The maximum atomic E-state index is 13.8. The number of benzene rings is 1. The van der Waals surface area contributed by atoms with E-state index in [0.717, 1.165) is 23.1 Å². The third kappa shape index (κ3) is 2.41. The third-order valence-electron chi connectivity index (χ3n) is 3.77. The van der Waals surface area contributed by atoms with Crippen molar-refractivity contribution in [2.45, 2.75) is 25.9 Å². The molecule has 2 aromatic rings. The molecular weight excluding hydrogens is 280 g/mol. The third-order valence-corrected chi connectivity index (χ3v) is 4.58. The van der Waals surface area contributed by atoms with E-state index in [0.29, 0.717) is 23.7 Å². The van der Waals surface area contributed by atoms with Gasteiger partial charge in [0.2, 0.25) is 0 Å². The van der Waals surface area contributed by atoms with E-state index >= 15 is 0 Å². The van der Waals surface area contributed by atoms with Crippen LogP contribution in [-0.4, -0.2) is 16.4 Å². The lowest BCUT2D eigenvalue weighted by Crippen LogP contribution is -2.33. The lowest BCUT2D eigenvalue weighted by atomic mass is 9.93. The summed E-state index contributed by atoms with van der Waals surface area (Å²) in [6, 6.07) is 2.38. The van der Waals surface area contributed by atoms with Gasteiger partial charge in [-0.2, -0.15) is 0 Å². The van der Waals surface area contributed by atoms with E-state index in [1.54, 1.807) is 6.20 Å². The summed E-state index contributed by atoms with van der Waals surface area (Å²) in [6.07, 6.45) is 2.36. The molecule has 0 saturated carbocycles. The van der Waals surface area contributed by atoms with E-state index in [4.69, 9.17) is 5.73 Å². The molecule has 0 bridgehead atoms. The monoisotopic (exact) mass is 295 g/mol. The highest BCUT2D eigenvalue weighted by Crippen LogP contribution is 2.33. The Morgan fingerprint density at radius 2 is 2.25 bits per heavy atom. The molecule has 1 aromatic heterocycles. The van der Waals surface area contributed by atoms with Crippen LogP contribution in [0.2, 0.25) is 0 Å². The van der Waals surface area contributed by atoms with Crippen molar-refractivity contribution in [3.8, 4) is 0 Å². The number of halogens is 2. The second-order valence-electron chi connectivity index (χ2n) is 5.02. The van der Waals surface area contributed by atoms with Crippen molar-refractivity contribution in [2.75, 3.05) is 12.3 Å². The molecule has 2 heterocycles. The van der Waals surface area contributed by atoms with E-state index in [-0.39, 0.29) is 6.04 Å². The highest BCUT2D eigenvalue weighted by Gasteiger charge is 2.27. The van der Waals surface area contributed by atoms with Gasteiger partial charge < -0.3 is 5.73 Å². The van der Waals surface area contributed by atoms with E-state index in [9.17, 15) is 8.78 Å². The van der Waals surface area contributed by atoms with Crippen molar-refractivity contribution >= 4 is 16.5 Å². The summed E-state index contributed by atoms with van der Waals surface area (Å²) in [6.45, 7) is 3.42. The van der Waals surface area contributed by atoms with Gasteiger partial charge in [0.05, 0.1) is 0 Å². The molecule has 1 atom stereocenters. The van der Waals surface area contributed by atoms with Gasteiger partial charge in [0, 0.05) is 36.3 Å². The lowest BCUT2D eigenvalue weighted by Gasteiger charge is -2.35. The number of hydrogen-bond acceptors (Lipinski definition) is 4. The first-order chi connectivity index (χ1) is 9.54. The van der Waals surface area contributed by atoms with Crippen LogP contribution in [0.3, 0.4) is 0 Å². The van der Waals surface area contributed by atoms with E-state index in [2.05, 4.69) is 9.88 Å². The van der Waals surface area contributed by atoms with Crippen LogP contribution in [0.4, 0.5) is 13.9 Å². The number of fused-ring (bicyclic) bond motifs is 1. The molecule has 0 amide bonds. The molecule has 3 rings (SSSR count). The summed E-state index contributed by atoms with van der Waals surface area (Å²) < 4.78 is 27.2. The normalized spacial score (nSPS) is 19.1. The van der Waals surface area contributed by atoms with Crippen LogP contribution in [0.1, 0.15) is 29.0 Å². The van der Waals surface area contributed by atoms with Gasteiger partial charge >= 0.3 is 0 Å². The molecule has 3 nitrogen and oxygen atoms in total. The maximum absolute atomic E-state index is 13.8. The number of anilines is 1. The Labute approximate surface area is 120 Å². The minimum absolute atomic E-state index is 0.0210. The summed E-state index contributed by atoms with van der Waals surface area (Å²) >= 11 is 1.45. The molecule has 1 aromatic carbocycles. The van der Waals surface area contributed by atoms with Crippen molar-refractivity contribution in [1.82, 2.24) is 9.88 Å². The quantitative estimate of drug-likeness (QED) is 0.925. The molecule has 2 N–H and O–H groups in total. The zero-order chi connectivity index (χ0) is 14.3. The highest BCUT2D eigenvalue weighted by molar-refractivity contribution is 7.15. The number of aromatic nitrogens is 1. The number of thiazole rings is 1. The molecule has 1 aliphatic rings. The summed E-state index contributed by atoms with van der Waals surface area (Å²) in [7, 11) is 0. The zero-order valence-electron chi connectivity index (χ0n) is 11.1. The summed E-state index contributed by atoms with van der Waals surface area (Å²) in [4.78, 5) is 7.28. The molecule has 20 heavy (non-hydrogen) atoms. The van der Waals surface area contributed by atoms with Crippen molar-refractivity contribution in [3.63, 3.8) is 0 Å². The Morgan fingerprint density at radius 3 is 2.95 bits per heavy atom. The molecule has 1 unspecified atom stereocenters. The van der Waals surface area contributed by atoms with E-state index < -0.39 is 11.6 Å². The second kappa shape index (κ2) is 5.10. The van der Waals surface area contributed by atoms with Crippen LogP contribution in [0.25, 0.3) is 0 Å². The molecule has 1 aliphatic heterocycles. The number of hydrogen-bond donors (Lipinski definition) is 1. The smallest absolute Gasteiger partial charge is 0.180 e. The van der Waals surface area contributed by atoms with Gasteiger partial charge in [-0.3, -0.25) is 4.90 Å². The van der Waals surface area contributed by atoms with Gasteiger partial charge in [-0.15, -0.1) is 11.3 Å². The van der Waals surface area contributed by atoms with E-state index in [1.165, 1.54) is 17.4 Å². The first kappa shape index (κ1) is 13.5. The predicted octanol–water partition coefficient (Wildman–Crippen LogP) is 3.12. The fourth-order valence-corrected chi connectivity index (χ4v) is 3.43. The van der Waals surface area contributed by atoms with E-state index in [1.807, 2.05) is 6.92 Å². The zero-order valence-corrected chi connectivity index (χ0v) is 11.9. The Kier molecular flexibility index (Phi) is 3.43. The summed E-state index contributed by atoms with van der Waals surface area (Å²) in [5.41, 5.74) is 7.00. The predicted molar refractivity (Wildman–Crippen MR) is 75.4 cm³/mol. The first-order valence-electron chi connectivity index (χ1n) is 6.46. The first-order valence-corrected chi connectivity index (χ1v) is 7.28. The topological polar surface area (TPSA) is 42.2 Å². The molecule has 0 spiro atoms. The Hall–Kier alpha value is -1.53. The van der Waals surface area contributed by atoms with Crippen molar-refractivity contribution in [3.05, 3.63) is 46.0 Å². The van der Waals surface area contributed by atoms with Crippen LogP contribution in [0, 0.1) is 11.6 Å². The summed E-state index contributed by atoms with van der Waals surface area (Å²) in [5.74, 6) is -0.953. The van der Waals surface area contributed by atoms with Gasteiger partial charge in [0.25, 0.3) is 0 Å². The average molecular weight is 295 g/mol. The number of rotatable bonds is 2. The van der Waals surface area contributed by atoms with Crippen LogP contribution < -0.4 is 5.73 Å². The molecule has 0 radical (unpaired) electrons. The Bertz CT molecular complexity index is 641. The fourth-order valence-electron chi connectivity index (χ4n) is 2.72. The van der Waals surface area contributed by atoms with Gasteiger partial charge in [-0.1, -0.05) is 0 Å². The Balaban J connectivity index is 1.87. The number of nitrogen functional groups attached to an aromatic ring is 1. The fraction of sp³-hybridized carbons (Fsp3) is 0.357. The molecule has 0 aliphatic carbocycles. The molecule has 0 saturated heterocycles. The van der Waals surface area contributed by atoms with Gasteiger partial charge in [0.15, 0.2) is 5.13 Å². The van der Waals surface area contributed by atoms with Gasteiger partial charge in [0.1, 0.15) is 11.6 Å². The van der Waals surface area contributed by atoms with Gasteiger partial charge in [-0.05, 0) is 30.5 Å². The molecular formula is C14H15F2N3S. The minimum Gasteiger partial charge on any atom is -0.375 e. The average Bonchev–Trinajstić information content (AvgIpc) is 2.79. The SMILES string of the molecule is CC1c2cc(F)cc(F)c2CCN1Cc1cnc(N)s1. The van der Waals surface area contributed by atoms with Crippen molar-refractivity contribution in [2.24, 2.45) is 0 Å². The van der Waals surface area contributed by atoms with Crippen LogP contribution in [-0.2, 0) is 13.0 Å². The molecule has 0 fully saturated rings. The Morgan fingerprint density at radius 1 is 1.45 bits per heavy atom. The largest absolute Gasteiger partial charge is 0.375 e. The highest BCUT2D eigenvalue weighted by atomic mass is 32.1.